The zero-order valence-electron chi connectivity index (χ0n) is 8.97. The van der Waals surface area contributed by atoms with Crippen molar-refractivity contribution in [3.8, 4) is 0 Å². The first-order chi connectivity index (χ1) is 7.93. The van der Waals surface area contributed by atoms with Gasteiger partial charge in [-0.15, -0.1) is 11.6 Å². The van der Waals surface area contributed by atoms with Gasteiger partial charge in [-0.2, -0.15) is 13.2 Å². The zero-order chi connectivity index (χ0) is 12.9. The van der Waals surface area contributed by atoms with E-state index in [0.29, 0.717) is 5.56 Å². The summed E-state index contributed by atoms with van der Waals surface area (Å²) >= 11 is 5.38. The minimum absolute atomic E-state index is 0.0928. The molecule has 0 aliphatic carbocycles. The molecule has 0 saturated carbocycles. The van der Waals surface area contributed by atoms with Crippen molar-refractivity contribution in [2.45, 2.75) is 18.8 Å². The second-order valence-electron chi connectivity index (χ2n) is 3.64. The molecule has 0 heterocycles. The summed E-state index contributed by atoms with van der Waals surface area (Å²) in [6.07, 6.45) is -5.02. The Morgan fingerprint density at radius 2 is 2.06 bits per heavy atom. The molecule has 0 amide bonds. The molecular weight excluding hydrogens is 255 g/mol. The van der Waals surface area contributed by atoms with Gasteiger partial charge in [0.05, 0.1) is 11.7 Å². The van der Waals surface area contributed by atoms with Gasteiger partial charge in [0.2, 0.25) is 0 Å². The Morgan fingerprint density at radius 1 is 1.35 bits per heavy atom. The topological polar surface area (TPSA) is 32.3 Å². The van der Waals surface area contributed by atoms with Crippen molar-refractivity contribution >= 4 is 11.6 Å². The number of aliphatic hydroxyl groups excluding tert-OH is 1. The smallest absolute Gasteiger partial charge is 0.391 e. The van der Waals surface area contributed by atoms with Gasteiger partial charge in [0.1, 0.15) is 0 Å². The third-order valence-corrected chi connectivity index (χ3v) is 2.50. The Morgan fingerprint density at radius 3 is 2.65 bits per heavy atom. The van der Waals surface area contributed by atoms with Crippen LogP contribution in [0, 0.1) is 0 Å². The lowest BCUT2D eigenvalue weighted by molar-refractivity contribution is -0.137. The Labute approximate surface area is 102 Å². The second kappa shape index (κ2) is 6.23. The Hall–Kier alpha value is -0.780. The maximum absolute atomic E-state index is 12.4. The van der Waals surface area contributed by atoms with Gasteiger partial charge in [0.15, 0.2) is 0 Å². The zero-order valence-corrected chi connectivity index (χ0v) is 9.72. The van der Waals surface area contributed by atoms with Crippen LogP contribution in [0.2, 0.25) is 0 Å². The molecule has 0 aromatic heterocycles. The van der Waals surface area contributed by atoms with Gasteiger partial charge in [-0.3, -0.25) is 0 Å². The summed E-state index contributed by atoms with van der Waals surface area (Å²) < 4.78 is 37.2. The average Bonchev–Trinajstić information content (AvgIpc) is 2.28. The summed E-state index contributed by atoms with van der Waals surface area (Å²) in [7, 11) is 0. The summed E-state index contributed by atoms with van der Waals surface area (Å²) in [5.74, 6) is 0.0928. The van der Waals surface area contributed by atoms with E-state index in [2.05, 4.69) is 5.32 Å². The lowest BCUT2D eigenvalue weighted by Crippen LogP contribution is -2.27. The number of nitrogens with one attached hydrogen (secondary N) is 1. The maximum atomic E-state index is 12.4. The van der Waals surface area contributed by atoms with E-state index in [1.165, 1.54) is 6.07 Å². The highest BCUT2D eigenvalue weighted by Crippen LogP contribution is 2.29. The van der Waals surface area contributed by atoms with E-state index < -0.39 is 17.8 Å². The summed E-state index contributed by atoms with van der Waals surface area (Å²) in [5, 5.41) is 12.0. The van der Waals surface area contributed by atoms with E-state index >= 15 is 0 Å². The van der Waals surface area contributed by atoms with Gasteiger partial charge in [-0.05, 0) is 11.6 Å². The Balaban J connectivity index is 2.55. The predicted octanol–water partition coefficient (Wildman–Crippen LogP) is 2.39. The summed E-state index contributed by atoms with van der Waals surface area (Å²) in [4.78, 5) is 0. The lowest BCUT2D eigenvalue weighted by Gasteiger charge is -2.11. The molecule has 1 aromatic rings. The first-order valence-electron chi connectivity index (χ1n) is 5.04. The SMILES string of the molecule is OC(CCl)CNCc1cccc(C(F)(F)F)c1. The van der Waals surface area contributed by atoms with Crippen LogP contribution in [-0.2, 0) is 12.7 Å². The van der Waals surface area contributed by atoms with Crippen molar-refractivity contribution in [3.63, 3.8) is 0 Å². The number of alkyl halides is 4. The molecule has 0 saturated heterocycles. The Bertz CT molecular complexity index is 357. The molecule has 0 bridgehead atoms. The van der Waals surface area contributed by atoms with E-state index in [4.69, 9.17) is 16.7 Å². The quantitative estimate of drug-likeness (QED) is 0.803. The molecule has 0 fully saturated rings. The van der Waals surface area contributed by atoms with E-state index in [9.17, 15) is 13.2 Å². The van der Waals surface area contributed by atoms with Gasteiger partial charge in [-0.1, -0.05) is 18.2 Å². The van der Waals surface area contributed by atoms with E-state index in [0.717, 1.165) is 12.1 Å². The minimum Gasteiger partial charge on any atom is -0.391 e. The maximum Gasteiger partial charge on any atom is 0.416 e. The molecular formula is C11H13ClF3NO. The first kappa shape index (κ1) is 14.3. The van der Waals surface area contributed by atoms with Gasteiger partial charge >= 0.3 is 6.18 Å². The predicted molar refractivity (Wildman–Crippen MR) is 59.9 cm³/mol. The molecule has 1 aromatic carbocycles. The van der Waals surface area contributed by atoms with E-state index in [1.54, 1.807) is 6.07 Å². The van der Waals surface area contributed by atoms with Crippen molar-refractivity contribution < 1.29 is 18.3 Å². The normalized spacial score (nSPS) is 13.7. The van der Waals surface area contributed by atoms with Crippen molar-refractivity contribution in [1.82, 2.24) is 5.32 Å². The van der Waals surface area contributed by atoms with Crippen LogP contribution in [0.4, 0.5) is 13.2 Å². The molecule has 0 spiro atoms. The molecule has 17 heavy (non-hydrogen) atoms. The van der Waals surface area contributed by atoms with Crippen LogP contribution >= 0.6 is 11.6 Å². The second-order valence-corrected chi connectivity index (χ2v) is 3.95. The number of hydrogen-bond acceptors (Lipinski definition) is 2. The standard InChI is InChI=1S/C11H13ClF3NO/c12-5-10(17)7-16-6-8-2-1-3-9(4-8)11(13,14)15/h1-4,10,16-17H,5-7H2. The third-order valence-electron chi connectivity index (χ3n) is 2.14. The van der Waals surface area contributed by atoms with Gasteiger partial charge in [-0.25, -0.2) is 0 Å². The number of benzene rings is 1. The fourth-order valence-electron chi connectivity index (χ4n) is 1.30. The molecule has 2 nitrogen and oxygen atoms in total. The molecule has 1 unspecified atom stereocenters. The number of aliphatic hydroxyl groups is 1. The van der Waals surface area contributed by atoms with Gasteiger partial charge < -0.3 is 10.4 Å². The van der Waals surface area contributed by atoms with Crippen molar-refractivity contribution in [3.05, 3.63) is 35.4 Å². The van der Waals surface area contributed by atoms with E-state index in [1.807, 2.05) is 0 Å². The molecule has 0 radical (unpaired) electrons. The lowest BCUT2D eigenvalue weighted by atomic mass is 10.1. The molecule has 2 N–H and O–H groups in total. The van der Waals surface area contributed by atoms with Crippen LogP contribution < -0.4 is 5.32 Å². The fraction of sp³-hybridized carbons (Fsp3) is 0.455. The van der Waals surface area contributed by atoms with Crippen LogP contribution in [0.1, 0.15) is 11.1 Å². The molecule has 6 heteroatoms. The van der Waals surface area contributed by atoms with Crippen molar-refractivity contribution in [2.24, 2.45) is 0 Å². The van der Waals surface area contributed by atoms with Crippen LogP contribution in [0.5, 0.6) is 0 Å². The number of rotatable bonds is 5. The molecule has 1 atom stereocenters. The third kappa shape index (κ3) is 4.93. The number of halogens is 4. The highest BCUT2D eigenvalue weighted by Gasteiger charge is 2.30. The van der Waals surface area contributed by atoms with Crippen molar-refractivity contribution in [1.29, 1.82) is 0 Å². The molecule has 0 aliphatic heterocycles. The molecule has 1 rings (SSSR count). The highest BCUT2D eigenvalue weighted by molar-refractivity contribution is 6.18. The monoisotopic (exact) mass is 267 g/mol. The van der Waals surface area contributed by atoms with Crippen LogP contribution in [0.15, 0.2) is 24.3 Å². The van der Waals surface area contributed by atoms with Crippen LogP contribution in [0.25, 0.3) is 0 Å². The summed E-state index contributed by atoms with van der Waals surface area (Å²) in [5.41, 5.74) is -0.156. The first-order valence-corrected chi connectivity index (χ1v) is 5.58. The van der Waals surface area contributed by atoms with Gasteiger partial charge in [0.25, 0.3) is 0 Å². The average molecular weight is 268 g/mol. The molecule has 0 aliphatic rings. The van der Waals surface area contributed by atoms with E-state index in [-0.39, 0.29) is 19.0 Å². The van der Waals surface area contributed by atoms with Crippen LogP contribution in [-0.4, -0.2) is 23.6 Å². The summed E-state index contributed by atoms with van der Waals surface area (Å²) in [6.45, 7) is 0.512. The Kier molecular flexibility index (Phi) is 5.24. The van der Waals surface area contributed by atoms with Crippen molar-refractivity contribution in [2.75, 3.05) is 12.4 Å². The highest BCUT2D eigenvalue weighted by atomic mass is 35.5. The molecule has 96 valence electrons. The largest absolute Gasteiger partial charge is 0.416 e. The summed E-state index contributed by atoms with van der Waals surface area (Å²) in [6, 6.07) is 5.06. The van der Waals surface area contributed by atoms with Gasteiger partial charge in [0, 0.05) is 19.0 Å². The van der Waals surface area contributed by atoms with Crippen LogP contribution in [0.3, 0.4) is 0 Å². The minimum atomic E-state index is -4.33. The number of hydrogen-bond donors (Lipinski definition) is 2. The fourth-order valence-corrected chi connectivity index (χ4v) is 1.40.